The zero-order chi connectivity index (χ0) is 36.4. The summed E-state index contributed by atoms with van der Waals surface area (Å²) >= 11 is 0. The van der Waals surface area contributed by atoms with Crippen molar-refractivity contribution in [2.75, 3.05) is 0 Å². The molecule has 0 radical (unpaired) electrons. The predicted molar refractivity (Wildman–Crippen MR) is 211 cm³/mol. The van der Waals surface area contributed by atoms with Crippen LogP contribution in [0.25, 0.3) is 0 Å². The van der Waals surface area contributed by atoms with Gasteiger partial charge in [0.2, 0.25) is 0 Å². The van der Waals surface area contributed by atoms with Crippen LogP contribution in [0.1, 0.15) is 44.5 Å². The summed E-state index contributed by atoms with van der Waals surface area (Å²) in [5.41, 5.74) is 7.12. The number of benzene rings is 6. The summed E-state index contributed by atoms with van der Waals surface area (Å²) in [5.74, 6) is 0.902. The fourth-order valence-corrected chi connectivity index (χ4v) is 5.04. The van der Waals surface area contributed by atoms with E-state index >= 15 is 0 Å². The molecule has 0 fully saturated rings. The maximum atomic E-state index is 9.74. The number of aromatic hydroxyl groups is 4. The number of para-hydroxylation sites is 4. The van der Waals surface area contributed by atoms with Crippen LogP contribution in [0, 0.1) is 0 Å². The molecular formula is C44H40N4O4Pd2. The average molecular weight is 902 g/mol. The van der Waals surface area contributed by atoms with Crippen LogP contribution in [-0.2, 0) is 67.0 Å². The first kappa shape index (κ1) is 42.9. The molecule has 0 heterocycles. The van der Waals surface area contributed by atoms with Gasteiger partial charge in [-0.1, -0.05) is 97.1 Å². The Morgan fingerprint density at radius 1 is 0.315 bits per heavy atom. The molecule has 0 aliphatic heterocycles. The molecule has 10 heteroatoms. The van der Waals surface area contributed by atoms with E-state index in [-0.39, 0.29) is 63.8 Å². The molecule has 0 bridgehead atoms. The molecule has 0 atom stereocenters. The third-order valence-corrected chi connectivity index (χ3v) is 7.75. The van der Waals surface area contributed by atoms with Crippen molar-refractivity contribution in [3.63, 3.8) is 0 Å². The van der Waals surface area contributed by atoms with Gasteiger partial charge in [-0.05, 0) is 70.8 Å². The van der Waals surface area contributed by atoms with Crippen LogP contribution in [0.2, 0.25) is 0 Å². The summed E-state index contributed by atoms with van der Waals surface area (Å²) < 4.78 is 0. The second kappa shape index (κ2) is 23.2. The summed E-state index contributed by atoms with van der Waals surface area (Å²) in [6, 6.07) is 44.6. The van der Waals surface area contributed by atoms with Crippen molar-refractivity contribution in [3.8, 4) is 23.0 Å². The molecule has 54 heavy (non-hydrogen) atoms. The largest absolute Gasteiger partial charge is 0.507 e. The third kappa shape index (κ3) is 14.2. The molecule has 6 aromatic carbocycles. The molecule has 0 aromatic heterocycles. The van der Waals surface area contributed by atoms with E-state index in [0.717, 1.165) is 22.3 Å². The molecule has 0 spiro atoms. The van der Waals surface area contributed by atoms with Gasteiger partial charge in [-0.2, -0.15) is 0 Å². The van der Waals surface area contributed by atoms with E-state index in [1.165, 1.54) is 0 Å². The molecule has 280 valence electrons. The van der Waals surface area contributed by atoms with Crippen molar-refractivity contribution >= 4 is 24.9 Å². The number of nitrogens with zero attached hydrogens (tertiary/aromatic N) is 4. The van der Waals surface area contributed by atoms with Crippen LogP contribution >= 0.6 is 0 Å². The minimum absolute atomic E-state index is 0. The summed E-state index contributed by atoms with van der Waals surface area (Å²) in [7, 11) is 0. The molecule has 0 unspecified atom stereocenters. The first-order chi connectivity index (χ1) is 25.4. The number of phenols is 4. The Kier molecular flexibility index (Phi) is 18.5. The molecule has 6 aromatic rings. The molecule has 0 aliphatic rings. The first-order valence-electron chi connectivity index (χ1n) is 16.7. The standard InChI is InChI=1S/2C22H20N2O2.2Pd/c2*25-21-10-3-1-8-19(21)15-23-13-17-6-5-7-18(12-17)14-24-16-20-9-2-4-11-22(20)26;;/h2*1-12,15-16,25-26H,13-14H2;;. The van der Waals surface area contributed by atoms with Crippen LogP contribution in [-0.4, -0.2) is 45.3 Å². The Labute approximate surface area is 343 Å². The molecule has 0 saturated heterocycles. The number of aliphatic imine (C=N–C) groups is 4. The molecule has 4 N–H and O–H groups in total. The number of rotatable bonds is 12. The average Bonchev–Trinajstić information content (AvgIpc) is 3.15. The van der Waals surface area contributed by atoms with Gasteiger partial charge in [-0.25, -0.2) is 0 Å². The fraction of sp³-hybridized carbons (Fsp3) is 0.0909. The normalized spacial score (nSPS) is 11.0. The Morgan fingerprint density at radius 3 is 0.759 bits per heavy atom. The third-order valence-electron chi connectivity index (χ3n) is 7.75. The van der Waals surface area contributed by atoms with E-state index in [2.05, 4.69) is 32.1 Å². The fourth-order valence-electron chi connectivity index (χ4n) is 5.04. The smallest absolute Gasteiger partial charge is 0.124 e. The van der Waals surface area contributed by atoms with Gasteiger partial charge in [0.15, 0.2) is 0 Å². The Hall–Kier alpha value is -5.48. The van der Waals surface area contributed by atoms with E-state index in [0.29, 0.717) is 48.4 Å². The summed E-state index contributed by atoms with van der Waals surface area (Å²) in [6.07, 6.45) is 6.72. The van der Waals surface area contributed by atoms with Gasteiger partial charge >= 0.3 is 0 Å². The summed E-state index contributed by atoms with van der Waals surface area (Å²) in [6.45, 7) is 2.13. The van der Waals surface area contributed by atoms with E-state index in [1.54, 1.807) is 73.4 Å². The Balaban J connectivity index is 0.000000280. The SMILES string of the molecule is Oc1ccccc1C=NCc1cccc(CN=Cc2ccccc2O)c1.Oc1ccccc1C=NCc1cccc(CN=Cc2ccccc2O)c1.[Pd].[Pd]. The quantitative estimate of drug-likeness (QED) is 0.0724. The number of phenolic OH excluding ortho intramolecular Hbond substituents is 4. The molecular weight excluding hydrogens is 861 g/mol. The van der Waals surface area contributed by atoms with E-state index < -0.39 is 0 Å². The molecule has 6 rings (SSSR count). The van der Waals surface area contributed by atoms with Crippen molar-refractivity contribution in [1.82, 2.24) is 0 Å². The van der Waals surface area contributed by atoms with Gasteiger partial charge in [-0.15, -0.1) is 0 Å². The molecule has 0 amide bonds. The van der Waals surface area contributed by atoms with Gasteiger partial charge in [-0.3, -0.25) is 20.0 Å². The summed E-state index contributed by atoms with van der Waals surface area (Å²) in [4.78, 5) is 17.6. The minimum Gasteiger partial charge on any atom is -0.507 e. The van der Waals surface area contributed by atoms with Crippen molar-refractivity contribution in [3.05, 3.63) is 190 Å². The zero-order valence-electron chi connectivity index (χ0n) is 29.2. The molecule has 0 saturated carbocycles. The van der Waals surface area contributed by atoms with Crippen LogP contribution in [0.15, 0.2) is 166 Å². The van der Waals surface area contributed by atoms with Crippen LogP contribution in [0.3, 0.4) is 0 Å². The predicted octanol–water partition coefficient (Wildman–Crippen LogP) is 8.67. The number of hydrogen-bond donors (Lipinski definition) is 4. The Morgan fingerprint density at radius 2 is 0.537 bits per heavy atom. The van der Waals surface area contributed by atoms with Crippen molar-refractivity contribution < 1.29 is 61.3 Å². The summed E-state index contributed by atoms with van der Waals surface area (Å²) in [5, 5.41) is 38.9. The number of hydrogen-bond acceptors (Lipinski definition) is 8. The zero-order valence-corrected chi connectivity index (χ0v) is 32.3. The van der Waals surface area contributed by atoms with Crippen molar-refractivity contribution in [2.24, 2.45) is 20.0 Å². The van der Waals surface area contributed by atoms with E-state index in [4.69, 9.17) is 0 Å². The minimum atomic E-state index is 0. The second-order valence-corrected chi connectivity index (χ2v) is 11.8. The van der Waals surface area contributed by atoms with Crippen LogP contribution < -0.4 is 0 Å². The van der Waals surface area contributed by atoms with Crippen LogP contribution in [0.4, 0.5) is 0 Å². The van der Waals surface area contributed by atoms with E-state index in [1.807, 2.05) is 84.9 Å². The monoisotopic (exact) mass is 900 g/mol. The maximum absolute atomic E-state index is 9.74. The Bertz CT molecular complexity index is 1890. The van der Waals surface area contributed by atoms with E-state index in [9.17, 15) is 20.4 Å². The van der Waals surface area contributed by atoms with Gasteiger partial charge in [0.25, 0.3) is 0 Å². The topological polar surface area (TPSA) is 130 Å². The van der Waals surface area contributed by atoms with Gasteiger partial charge in [0.1, 0.15) is 23.0 Å². The molecule has 0 aliphatic carbocycles. The maximum Gasteiger partial charge on any atom is 0.124 e. The second-order valence-electron chi connectivity index (χ2n) is 11.8. The first-order valence-corrected chi connectivity index (χ1v) is 16.7. The van der Waals surface area contributed by atoms with Gasteiger partial charge < -0.3 is 20.4 Å². The van der Waals surface area contributed by atoms with Crippen LogP contribution in [0.5, 0.6) is 23.0 Å². The van der Waals surface area contributed by atoms with Crippen molar-refractivity contribution in [1.29, 1.82) is 0 Å². The van der Waals surface area contributed by atoms with Gasteiger partial charge in [0, 0.05) is 88.0 Å². The van der Waals surface area contributed by atoms with Crippen molar-refractivity contribution in [2.45, 2.75) is 26.2 Å². The van der Waals surface area contributed by atoms with Gasteiger partial charge in [0.05, 0.1) is 26.2 Å². The molecule has 8 nitrogen and oxygen atoms in total.